The van der Waals surface area contributed by atoms with E-state index in [9.17, 15) is 27.6 Å². The van der Waals surface area contributed by atoms with Gasteiger partial charge in [0.15, 0.2) is 0 Å². The second-order valence-electron chi connectivity index (χ2n) is 8.66. The first-order chi connectivity index (χ1) is 17.7. The lowest BCUT2D eigenvalue weighted by atomic mass is 10.0. The summed E-state index contributed by atoms with van der Waals surface area (Å²) in [5.41, 5.74) is 1.79. The predicted octanol–water partition coefficient (Wildman–Crippen LogP) is 1.62. The molecule has 0 saturated carbocycles. The van der Waals surface area contributed by atoms with Crippen LogP contribution in [-0.2, 0) is 28.6 Å². The summed E-state index contributed by atoms with van der Waals surface area (Å²) >= 11 is 0. The maximum absolute atomic E-state index is 13.1. The molecule has 2 heterocycles. The third kappa shape index (κ3) is 5.87. The van der Waals surface area contributed by atoms with E-state index >= 15 is 0 Å². The smallest absolute Gasteiger partial charge is 0.297 e. The van der Waals surface area contributed by atoms with Gasteiger partial charge in [0.05, 0.1) is 29.2 Å². The lowest BCUT2D eigenvalue weighted by molar-refractivity contribution is -0.136. The molecular formula is C25H27N3O8S. The van der Waals surface area contributed by atoms with Gasteiger partial charge in [-0.05, 0) is 44.0 Å². The van der Waals surface area contributed by atoms with E-state index in [1.165, 1.54) is 18.2 Å². The Hall–Kier alpha value is -3.61. The Morgan fingerprint density at radius 3 is 2.49 bits per heavy atom. The second kappa shape index (κ2) is 11.2. The molecule has 11 nitrogen and oxygen atoms in total. The molecule has 4 amide bonds. The number of fused-ring (bicyclic) bond motifs is 1. The van der Waals surface area contributed by atoms with Crippen LogP contribution in [0.4, 0.5) is 5.69 Å². The number of amides is 4. The van der Waals surface area contributed by atoms with E-state index in [0.29, 0.717) is 25.3 Å². The molecule has 0 aromatic heterocycles. The van der Waals surface area contributed by atoms with Crippen molar-refractivity contribution in [2.75, 3.05) is 31.7 Å². The van der Waals surface area contributed by atoms with Crippen LogP contribution >= 0.6 is 0 Å². The van der Waals surface area contributed by atoms with Crippen LogP contribution < -0.4 is 10.6 Å². The topological polar surface area (TPSA) is 148 Å². The normalized spacial score (nSPS) is 17.6. The maximum Gasteiger partial charge on any atom is 0.297 e. The molecule has 1 unspecified atom stereocenters. The monoisotopic (exact) mass is 529 g/mol. The van der Waals surface area contributed by atoms with E-state index in [2.05, 4.69) is 10.6 Å². The summed E-state index contributed by atoms with van der Waals surface area (Å²) in [6.07, 6.45) is 0.678. The summed E-state index contributed by atoms with van der Waals surface area (Å²) in [7, 11) is -3.84. The van der Waals surface area contributed by atoms with Crippen molar-refractivity contribution in [2.45, 2.75) is 37.1 Å². The van der Waals surface area contributed by atoms with E-state index in [-0.39, 0.29) is 42.1 Å². The van der Waals surface area contributed by atoms with Gasteiger partial charge in [0.2, 0.25) is 11.8 Å². The molecule has 2 aliphatic heterocycles. The number of anilines is 1. The van der Waals surface area contributed by atoms with Crippen LogP contribution in [0.3, 0.4) is 0 Å². The molecule has 0 spiro atoms. The van der Waals surface area contributed by atoms with Gasteiger partial charge in [-0.2, -0.15) is 8.42 Å². The fraction of sp³-hybridized carbons (Fsp3) is 0.360. The molecule has 2 aliphatic rings. The molecule has 1 saturated heterocycles. The molecule has 12 heteroatoms. The van der Waals surface area contributed by atoms with E-state index in [1.54, 1.807) is 24.3 Å². The van der Waals surface area contributed by atoms with Crippen LogP contribution in [0.2, 0.25) is 0 Å². The zero-order valence-corrected chi connectivity index (χ0v) is 21.0. The van der Waals surface area contributed by atoms with Gasteiger partial charge < -0.3 is 10.1 Å². The van der Waals surface area contributed by atoms with Gasteiger partial charge in [0, 0.05) is 25.3 Å². The number of nitrogens with one attached hydrogen (secondary N) is 2. The highest BCUT2D eigenvalue weighted by atomic mass is 32.2. The highest BCUT2D eigenvalue weighted by molar-refractivity contribution is 7.86. The first kappa shape index (κ1) is 26.5. The minimum Gasteiger partial charge on any atom is -0.384 e. The van der Waals surface area contributed by atoms with E-state index in [1.807, 2.05) is 6.92 Å². The summed E-state index contributed by atoms with van der Waals surface area (Å²) in [5.74, 6) is -2.24. The third-order valence-corrected chi connectivity index (χ3v) is 7.35. The number of carbonyl (C=O) groups excluding carboxylic acids is 4. The summed E-state index contributed by atoms with van der Waals surface area (Å²) in [6.45, 7) is 2.55. The molecule has 196 valence electrons. The average molecular weight is 530 g/mol. The van der Waals surface area contributed by atoms with Gasteiger partial charge in [-0.25, -0.2) is 0 Å². The predicted molar refractivity (Wildman–Crippen MR) is 131 cm³/mol. The van der Waals surface area contributed by atoms with Crippen molar-refractivity contribution in [3.8, 4) is 0 Å². The number of piperidine rings is 1. The zero-order chi connectivity index (χ0) is 26.6. The number of nitrogens with zero attached hydrogens (tertiary/aromatic N) is 1. The van der Waals surface area contributed by atoms with Gasteiger partial charge in [-0.1, -0.05) is 23.8 Å². The van der Waals surface area contributed by atoms with Gasteiger partial charge in [-0.3, -0.25) is 33.6 Å². The first-order valence-corrected chi connectivity index (χ1v) is 13.2. The summed E-state index contributed by atoms with van der Waals surface area (Å²) in [6, 6.07) is 10.2. The Kier molecular flexibility index (Phi) is 8.00. The van der Waals surface area contributed by atoms with Gasteiger partial charge in [0.1, 0.15) is 6.04 Å². The summed E-state index contributed by atoms with van der Waals surface area (Å²) in [4.78, 5) is 50.6. The zero-order valence-electron chi connectivity index (χ0n) is 20.2. The molecule has 2 aromatic rings. The van der Waals surface area contributed by atoms with E-state index in [4.69, 9.17) is 8.92 Å². The molecule has 0 bridgehead atoms. The van der Waals surface area contributed by atoms with E-state index in [0.717, 1.165) is 10.5 Å². The molecular weight excluding hydrogens is 502 g/mol. The molecule has 2 N–H and O–H groups in total. The Balaban J connectivity index is 1.23. The van der Waals surface area contributed by atoms with Crippen molar-refractivity contribution in [1.29, 1.82) is 0 Å². The standard InChI is InChI=1S/C25H27N3O8S/c1-16-6-8-17(9-7-16)37(33,34)36-15-14-35-13-3-12-26-19-5-2-4-18-22(19)25(32)28(24(18)31)20-10-11-21(29)27-23(20)30/h2,4-9,20,26H,3,10-15H2,1H3,(H,27,29,30). The van der Waals surface area contributed by atoms with Crippen LogP contribution in [0.5, 0.6) is 0 Å². The van der Waals surface area contributed by atoms with Crippen molar-refractivity contribution in [3.05, 3.63) is 59.2 Å². The van der Waals surface area contributed by atoms with Crippen molar-refractivity contribution in [3.63, 3.8) is 0 Å². The molecule has 0 radical (unpaired) electrons. The lowest BCUT2D eigenvalue weighted by Crippen LogP contribution is -2.54. The number of carbonyl (C=O) groups is 4. The fourth-order valence-corrected chi connectivity index (χ4v) is 5.03. The number of rotatable bonds is 11. The van der Waals surface area contributed by atoms with Crippen LogP contribution in [0, 0.1) is 6.92 Å². The Morgan fingerprint density at radius 1 is 1.00 bits per heavy atom. The van der Waals surface area contributed by atoms with Crippen LogP contribution in [-0.4, -0.2) is 69.4 Å². The van der Waals surface area contributed by atoms with Crippen LogP contribution in [0.1, 0.15) is 45.5 Å². The summed E-state index contributed by atoms with van der Waals surface area (Å²) in [5, 5.41) is 5.29. The fourth-order valence-electron chi connectivity index (χ4n) is 4.14. The number of aryl methyl sites for hydroxylation is 1. The number of benzene rings is 2. The molecule has 0 aliphatic carbocycles. The minimum atomic E-state index is -3.84. The Morgan fingerprint density at radius 2 is 1.76 bits per heavy atom. The largest absolute Gasteiger partial charge is 0.384 e. The second-order valence-corrected chi connectivity index (χ2v) is 10.3. The number of imide groups is 2. The minimum absolute atomic E-state index is 0.0534. The Bertz CT molecular complexity index is 1320. The number of hydrogen-bond donors (Lipinski definition) is 2. The molecule has 2 aromatic carbocycles. The SMILES string of the molecule is Cc1ccc(S(=O)(=O)OCCOCCCNc2cccc3c2C(=O)N(C2CCC(=O)NC2=O)C3=O)cc1. The lowest BCUT2D eigenvalue weighted by Gasteiger charge is -2.27. The molecule has 4 rings (SSSR count). The van der Waals surface area contributed by atoms with Crippen molar-refractivity contribution < 1.29 is 36.5 Å². The highest BCUT2D eigenvalue weighted by Crippen LogP contribution is 2.32. The number of hydrogen-bond acceptors (Lipinski definition) is 9. The van der Waals surface area contributed by atoms with Gasteiger partial charge >= 0.3 is 0 Å². The molecule has 37 heavy (non-hydrogen) atoms. The van der Waals surface area contributed by atoms with Crippen LogP contribution in [0.15, 0.2) is 47.4 Å². The quantitative estimate of drug-likeness (QED) is 0.252. The summed E-state index contributed by atoms with van der Waals surface area (Å²) < 4.78 is 34.7. The average Bonchev–Trinajstić information content (AvgIpc) is 3.11. The Labute approximate surface area is 214 Å². The maximum atomic E-state index is 13.1. The first-order valence-electron chi connectivity index (χ1n) is 11.8. The van der Waals surface area contributed by atoms with Crippen molar-refractivity contribution in [2.24, 2.45) is 0 Å². The van der Waals surface area contributed by atoms with Gasteiger partial charge in [0.25, 0.3) is 21.9 Å². The van der Waals surface area contributed by atoms with Crippen molar-refractivity contribution >= 4 is 39.4 Å². The van der Waals surface area contributed by atoms with Crippen LogP contribution in [0.25, 0.3) is 0 Å². The molecule has 1 atom stereocenters. The third-order valence-electron chi connectivity index (χ3n) is 6.02. The molecule has 1 fully saturated rings. The van der Waals surface area contributed by atoms with E-state index < -0.39 is 39.8 Å². The number of ether oxygens (including phenoxy) is 1. The van der Waals surface area contributed by atoms with Gasteiger partial charge in [-0.15, -0.1) is 0 Å². The van der Waals surface area contributed by atoms with Crippen molar-refractivity contribution in [1.82, 2.24) is 10.2 Å². The highest BCUT2D eigenvalue weighted by Gasteiger charge is 2.45.